The number of benzene rings is 1. The Balaban J connectivity index is 2.05. The summed E-state index contributed by atoms with van der Waals surface area (Å²) in [4.78, 5) is 12.0. The predicted octanol–water partition coefficient (Wildman–Crippen LogP) is 2.31. The van der Waals surface area contributed by atoms with Crippen molar-refractivity contribution in [3.05, 3.63) is 52.3 Å². The maximum absolute atomic E-state index is 12.0. The Hall–Kier alpha value is -1.81. The Morgan fingerprint density at radius 1 is 1.44 bits per heavy atom. The van der Waals surface area contributed by atoms with E-state index >= 15 is 0 Å². The van der Waals surface area contributed by atoms with Gasteiger partial charge in [-0.2, -0.15) is 5.10 Å². The van der Waals surface area contributed by atoms with Crippen molar-refractivity contribution in [1.29, 1.82) is 0 Å². The second kappa shape index (κ2) is 5.23. The molecular weight excluding hydrogens is 250 g/mol. The number of amides is 1. The largest absolute Gasteiger partial charge is 0.348 e. The topological polar surface area (TPSA) is 46.9 Å². The average molecular weight is 264 g/mol. The lowest BCUT2D eigenvalue weighted by Crippen LogP contribution is -2.23. The van der Waals surface area contributed by atoms with Crippen molar-refractivity contribution >= 4 is 17.5 Å². The van der Waals surface area contributed by atoms with Gasteiger partial charge in [0.2, 0.25) is 0 Å². The van der Waals surface area contributed by atoms with E-state index in [0.29, 0.717) is 17.1 Å². The Bertz CT molecular complexity index is 577. The summed E-state index contributed by atoms with van der Waals surface area (Å²) in [6.45, 7) is 2.27. The van der Waals surface area contributed by atoms with Gasteiger partial charge in [-0.3, -0.25) is 9.48 Å². The maximum atomic E-state index is 12.0. The fourth-order valence-electron chi connectivity index (χ4n) is 1.63. The molecule has 1 heterocycles. The van der Waals surface area contributed by atoms with Gasteiger partial charge in [0.25, 0.3) is 5.91 Å². The van der Waals surface area contributed by atoms with Gasteiger partial charge in [0.15, 0.2) is 0 Å². The number of rotatable bonds is 3. The van der Waals surface area contributed by atoms with E-state index in [9.17, 15) is 4.79 Å². The summed E-state index contributed by atoms with van der Waals surface area (Å²) in [6, 6.07) is 7.44. The number of nitrogens with one attached hydrogen (secondary N) is 1. The third kappa shape index (κ3) is 2.54. The minimum Gasteiger partial charge on any atom is -0.348 e. The molecule has 1 amide bonds. The van der Waals surface area contributed by atoms with Crippen LogP contribution in [0.3, 0.4) is 0 Å². The average Bonchev–Trinajstić information content (AvgIpc) is 2.69. The molecule has 1 aromatic heterocycles. The van der Waals surface area contributed by atoms with E-state index in [4.69, 9.17) is 11.6 Å². The fraction of sp³-hybridized carbons (Fsp3) is 0.231. The van der Waals surface area contributed by atoms with Crippen molar-refractivity contribution < 1.29 is 4.79 Å². The first kappa shape index (κ1) is 12.6. The lowest BCUT2D eigenvalue weighted by Gasteiger charge is -2.06. The molecule has 18 heavy (non-hydrogen) atoms. The van der Waals surface area contributed by atoms with Crippen LogP contribution < -0.4 is 5.32 Å². The van der Waals surface area contributed by atoms with Crippen molar-refractivity contribution in [2.24, 2.45) is 7.05 Å². The highest BCUT2D eigenvalue weighted by Gasteiger charge is 2.12. The van der Waals surface area contributed by atoms with E-state index in [1.54, 1.807) is 24.0 Å². The Labute approximate surface area is 111 Å². The Kier molecular flexibility index (Phi) is 3.67. The van der Waals surface area contributed by atoms with E-state index in [0.717, 1.165) is 11.3 Å². The Morgan fingerprint density at radius 3 is 2.78 bits per heavy atom. The van der Waals surface area contributed by atoms with Crippen molar-refractivity contribution in [3.8, 4) is 0 Å². The summed E-state index contributed by atoms with van der Waals surface area (Å²) in [5.41, 5.74) is 2.32. The van der Waals surface area contributed by atoms with Crippen LogP contribution in [0.2, 0.25) is 5.02 Å². The number of hydrogen-bond donors (Lipinski definition) is 1. The quantitative estimate of drug-likeness (QED) is 0.924. The van der Waals surface area contributed by atoms with Gasteiger partial charge in [0, 0.05) is 24.3 Å². The van der Waals surface area contributed by atoms with E-state index < -0.39 is 0 Å². The highest BCUT2D eigenvalue weighted by atomic mass is 35.5. The molecule has 5 heteroatoms. The summed E-state index contributed by atoms with van der Waals surface area (Å²) < 4.78 is 1.67. The van der Waals surface area contributed by atoms with Crippen molar-refractivity contribution in [2.45, 2.75) is 13.5 Å². The lowest BCUT2D eigenvalue weighted by molar-refractivity contribution is 0.0950. The van der Waals surface area contributed by atoms with Crippen LogP contribution in [0.25, 0.3) is 0 Å². The molecule has 0 atom stereocenters. The van der Waals surface area contributed by atoms with Crippen molar-refractivity contribution in [1.82, 2.24) is 15.1 Å². The van der Waals surface area contributed by atoms with E-state index in [1.807, 2.05) is 25.1 Å². The fourth-order valence-corrected chi connectivity index (χ4v) is 1.84. The van der Waals surface area contributed by atoms with Gasteiger partial charge in [0.05, 0.1) is 11.8 Å². The summed E-state index contributed by atoms with van der Waals surface area (Å²) in [5, 5.41) is 7.53. The molecule has 0 unspecified atom stereocenters. The molecule has 0 spiro atoms. The van der Waals surface area contributed by atoms with Gasteiger partial charge in [-0.15, -0.1) is 0 Å². The SMILES string of the molecule is Cc1c(C(=O)NCc2ccccc2Cl)cnn1C. The molecule has 1 aromatic carbocycles. The zero-order valence-corrected chi connectivity index (χ0v) is 11.0. The molecule has 4 nitrogen and oxygen atoms in total. The molecule has 0 radical (unpaired) electrons. The highest BCUT2D eigenvalue weighted by Crippen LogP contribution is 2.14. The molecule has 0 aliphatic heterocycles. The van der Waals surface area contributed by atoms with Gasteiger partial charge >= 0.3 is 0 Å². The number of hydrogen-bond acceptors (Lipinski definition) is 2. The first-order valence-corrected chi connectivity index (χ1v) is 5.97. The van der Waals surface area contributed by atoms with Gasteiger partial charge in [0.1, 0.15) is 0 Å². The molecular formula is C13H14ClN3O. The molecule has 0 aliphatic rings. The monoisotopic (exact) mass is 263 g/mol. The van der Waals surface area contributed by atoms with Crippen molar-refractivity contribution in [2.75, 3.05) is 0 Å². The van der Waals surface area contributed by atoms with E-state index in [-0.39, 0.29) is 5.91 Å². The minimum atomic E-state index is -0.138. The predicted molar refractivity (Wildman–Crippen MR) is 70.6 cm³/mol. The highest BCUT2D eigenvalue weighted by molar-refractivity contribution is 6.31. The van der Waals surface area contributed by atoms with Crippen LogP contribution in [-0.4, -0.2) is 15.7 Å². The zero-order valence-electron chi connectivity index (χ0n) is 10.3. The molecule has 94 valence electrons. The molecule has 0 saturated carbocycles. The van der Waals surface area contributed by atoms with Crippen LogP contribution in [0.15, 0.2) is 30.5 Å². The van der Waals surface area contributed by atoms with Crippen LogP contribution in [0, 0.1) is 6.92 Å². The van der Waals surface area contributed by atoms with Gasteiger partial charge < -0.3 is 5.32 Å². The zero-order chi connectivity index (χ0) is 13.1. The molecule has 0 saturated heterocycles. The normalized spacial score (nSPS) is 10.4. The smallest absolute Gasteiger partial charge is 0.255 e. The van der Waals surface area contributed by atoms with Gasteiger partial charge in [-0.05, 0) is 18.6 Å². The molecule has 2 aromatic rings. The van der Waals surface area contributed by atoms with E-state index in [2.05, 4.69) is 10.4 Å². The summed E-state index contributed by atoms with van der Waals surface area (Å²) in [5.74, 6) is -0.138. The van der Waals surface area contributed by atoms with Crippen molar-refractivity contribution in [3.63, 3.8) is 0 Å². The first-order valence-electron chi connectivity index (χ1n) is 5.60. The van der Waals surface area contributed by atoms with Crippen LogP contribution in [-0.2, 0) is 13.6 Å². The molecule has 2 rings (SSSR count). The van der Waals surface area contributed by atoms with Crippen LogP contribution in [0.5, 0.6) is 0 Å². The van der Waals surface area contributed by atoms with Crippen LogP contribution in [0.4, 0.5) is 0 Å². The number of nitrogens with zero attached hydrogens (tertiary/aromatic N) is 2. The molecule has 0 bridgehead atoms. The summed E-state index contributed by atoms with van der Waals surface area (Å²) >= 11 is 6.02. The summed E-state index contributed by atoms with van der Waals surface area (Å²) in [6.07, 6.45) is 1.57. The number of carbonyl (C=O) groups is 1. The van der Waals surface area contributed by atoms with Gasteiger partial charge in [-0.25, -0.2) is 0 Å². The van der Waals surface area contributed by atoms with E-state index in [1.165, 1.54) is 0 Å². The Morgan fingerprint density at radius 2 is 2.17 bits per heavy atom. The summed E-state index contributed by atoms with van der Waals surface area (Å²) in [7, 11) is 1.81. The maximum Gasteiger partial charge on any atom is 0.255 e. The van der Waals surface area contributed by atoms with Crippen LogP contribution >= 0.6 is 11.6 Å². The third-order valence-electron chi connectivity index (χ3n) is 2.88. The second-order valence-electron chi connectivity index (χ2n) is 4.04. The first-order chi connectivity index (χ1) is 8.59. The van der Waals surface area contributed by atoms with Crippen LogP contribution in [0.1, 0.15) is 21.6 Å². The third-order valence-corrected chi connectivity index (χ3v) is 3.25. The molecule has 0 aliphatic carbocycles. The standard InChI is InChI=1S/C13H14ClN3O/c1-9-11(8-16-17(9)2)13(18)15-7-10-5-3-4-6-12(10)14/h3-6,8H,7H2,1-2H3,(H,15,18). The molecule has 1 N–H and O–H groups in total. The number of aromatic nitrogens is 2. The second-order valence-corrected chi connectivity index (χ2v) is 4.45. The number of aryl methyl sites for hydroxylation is 1. The minimum absolute atomic E-state index is 0.138. The lowest BCUT2D eigenvalue weighted by atomic mass is 10.2. The number of halogens is 1. The molecule has 0 fully saturated rings. The van der Waals surface area contributed by atoms with Gasteiger partial charge in [-0.1, -0.05) is 29.8 Å². The number of carbonyl (C=O) groups excluding carboxylic acids is 1.